The first-order valence-corrected chi connectivity index (χ1v) is 8.65. The Labute approximate surface area is 117 Å². The van der Waals surface area contributed by atoms with Crippen molar-refractivity contribution in [1.29, 1.82) is 0 Å². The summed E-state index contributed by atoms with van der Waals surface area (Å²) in [7, 11) is 0. The van der Waals surface area contributed by atoms with E-state index in [4.69, 9.17) is 0 Å². The van der Waals surface area contributed by atoms with Crippen molar-refractivity contribution in [2.24, 2.45) is 0 Å². The molecule has 0 saturated heterocycles. The van der Waals surface area contributed by atoms with Crippen LogP contribution in [0.5, 0.6) is 0 Å². The zero-order valence-electron chi connectivity index (χ0n) is 10.4. The van der Waals surface area contributed by atoms with Gasteiger partial charge in [-0.25, -0.2) is 0 Å². The summed E-state index contributed by atoms with van der Waals surface area (Å²) in [4.78, 5) is 0. The summed E-state index contributed by atoms with van der Waals surface area (Å²) in [6, 6.07) is 4.18. The molecule has 1 aromatic rings. The Hall–Kier alpha value is -1.25. The van der Waals surface area contributed by atoms with Crippen LogP contribution in [-0.2, 0) is 17.9 Å². The van der Waals surface area contributed by atoms with Crippen molar-refractivity contribution < 1.29 is 26.7 Å². The van der Waals surface area contributed by atoms with E-state index in [0.29, 0.717) is 3.87 Å². The van der Waals surface area contributed by atoms with Gasteiger partial charge in [0, 0.05) is 0 Å². The third-order valence-corrected chi connectivity index (χ3v) is 8.09. The molecule has 0 fully saturated rings. The van der Waals surface area contributed by atoms with E-state index in [9.17, 15) is 8.78 Å². The first-order valence-electron chi connectivity index (χ1n) is 6.31. The van der Waals surface area contributed by atoms with E-state index in [1.165, 1.54) is 26.0 Å². The molecular weight excluding hydrogens is 278 g/mol. The zero-order valence-corrected chi connectivity index (χ0v) is 11.9. The van der Waals surface area contributed by atoms with Gasteiger partial charge in [0.25, 0.3) is 0 Å². The van der Waals surface area contributed by atoms with Crippen molar-refractivity contribution in [1.82, 2.24) is 0 Å². The number of halogens is 2. The number of benzene rings is 1. The Kier molecular flexibility index (Phi) is 3.63. The third-order valence-electron chi connectivity index (χ3n) is 3.40. The van der Waals surface area contributed by atoms with Gasteiger partial charge in [0.1, 0.15) is 0 Å². The molecule has 0 nitrogen and oxygen atoms in total. The van der Waals surface area contributed by atoms with E-state index < -0.39 is 29.5 Å². The number of rotatable bonds is 3. The molecule has 3 rings (SSSR count). The van der Waals surface area contributed by atoms with Crippen molar-refractivity contribution in [3.8, 4) is 0 Å². The van der Waals surface area contributed by atoms with Gasteiger partial charge in [-0.3, -0.25) is 0 Å². The topological polar surface area (TPSA) is 0 Å². The van der Waals surface area contributed by atoms with Crippen molar-refractivity contribution in [2.75, 3.05) is 0 Å². The van der Waals surface area contributed by atoms with Crippen LogP contribution in [0.25, 0.3) is 0 Å². The first kappa shape index (κ1) is 12.8. The first-order chi connectivity index (χ1) is 9.27. The standard InChI is InChI=1S/C6H3F2.2C5H5.Ti/c7-5-2-1-3-6(8)4-5;2*1-2-4-5-3-1;/h1-3H;2*1-3H,4H2;. The summed E-state index contributed by atoms with van der Waals surface area (Å²) in [5.41, 5.74) is 0. The van der Waals surface area contributed by atoms with Crippen LogP contribution < -0.4 is 3.87 Å². The minimum absolute atomic E-state index is 0.340. The number of hydrogen-bond acceptors (Lipinski definition) is 0. The van der Waals surface area contributed by atoms with Crippen LogP contribution in [0.15, 0.2) is 62.4 Å². The SMILES string of the molecule is Fc1cccc(F)[c]1[Ti]([C]1=CC=CC1)[C]1=CC=CC1. The summed E-state index contributed by atoms with van der Waals surface area (Å²) in [6.07, 6.45) is 13.9. The maximum absolute atomic E-state index is 14.1. The van der Waals surface area contributed by atoms with Crippen molar-refractivity contribution in [3.05, 3.63) is 74.0 Å². The van der Waals surface area contributed by atoms with Crippen LogP contribution in [0.1, 0.15) is 12.8 Å². The van der Waals surface area contributed by atoms with Crippen LogP contribution in [0, 0.1) is 11.6 Å². The molecule has 95 valence electrons. The monoisotopic (exact) mass is 291 g/mol. The van der Waals surface area contributed by atoms with E-state index >= 15 is 0 Å². The fourth-order valence-corrected chi connectivity index (χ4v) is 7.01. The van der Waals surface area contributed by atoms with Crippen LogP contribution in [0.2, 0.25) is 0 Å². The molecule has 0 bridgehead atoms. The molecule has 3 heteroatoms. The molecule has 0 N–H and O–H groups in total. The van der Waals surface area contributed by atoms with Crippen LogP contribution in [0.4, 0.5) is 8.78 Å². The Morgan fingerprint density at radius 1 is 0.842 bits per heavy atom. The van der Waals surface area contributed by atoms with Crippen molar-refractivity contribution >= 4 is 3.87 Å². The van der Waals surface area contributed by atoms with Gasteiger partial charge in [-0.05, 0) is 0 Å². The molecule has 0 heterocycles. The van der Waals surface area contributed by atoms with Gasteiger partial charge in [-0.1, -0.05) is 0 Å². The second-order valence-electron chi connectivity index (χ2n) is 4.62. The molecule has 0 spiro atoms. The van der Waals surface area contributed by atoms with E-state index in [1.807, 2.05) is 24.3 Å². The molecule has 0 saturated carbocycles. The summed E-state index contributed by atoms with van der Waals surface area (Å²) in [5, 5.41) is 0. The molecule has 2 aliphatic carbocycles. The summed E-state index contributed by atoms with van der Waals surface area (Å²) < 4.78 is 31.0. The van der Waals surface area contributed by atoms with Crippen LogP contribution in [-0.4, -0.2) is 0 Å². The van der Waals surface area contributed by atoms with E-state index in [2.05, 4.69) is 12.2 Å². The molecule has 0 aromatic heterocycles. The van der Waals surface area contributed by atoms with Crippen LogP contribution in [0.3, 0.4) is 0 Å². The third kappa shape index (κ3) is 2.43. The van der Waals surface area contributed by atoms with Crippen molar-refractivity contribution in [3.63, 3.8) is 0 Å². The molecule has 0 aliphatic heterocycles. The second-order valence-corrected chi connectivity index (χ2v) is 8.58. The average Bonchev–Trinajstić information content (AvgIpc) is 3.07. The molecule has 2 aliphatic rings. The average molecular weight is 291 g/mol. The normalized spacial score (nSPS) is 16.7. The van der Waals surface area contributed by atoms with Gasteiger partial charge in [0.05, 0.1) is 0 Å². The van der Waals surface area contributed by atoms with Gasteiger partial charge < -0.3 is 0 Å². The van der Waals surface area contributed by atoms with E-state index in [0.717, 1.165) is 12.8 Å². The fourth-order valence-electron chi connectivity index (χ4n) is 2.53. The van der Waals surface area contributed by atoms with Gasteiger partial charge in [-0.2, -0.15) is 0 Å². The zero-order chi connectivity index (χ0) is 13.2. The molecular formula is C16H13F2Ti. The summed E-state index contributed by atoms with van der Waals surface area (Å²) >= 11 is -2.26. The Morgan fingerprint density at radius 2 is 1.37 bits per heavy atom. The van der Waals surface area contributed by atoms with E-state index in [-0.39, 0.29) is 0 Å². The number of hydrogen-bond donors (Lipinski definition) is 0. The maximum atomic E-state index is 14.1. The van der Waals surface area contributed by atoms with Gasteiger partial charge in [0.2, 0.25) is 0 Å². The molecule has 0 amide bonds. The summed E-state index contributed by atoms with van der Waals surface area (Å²) in [5.74, 6) is -0.786. The molecule has 0 atom stereocenters. The molecule has 0 unspecified atom stereocenters. The van der Waals surface area contributed by atoms with Gasteiger partial charge in [-0.15, -0.1) is 0 Å². The quantitative estimate of drug-likeness (QED) is 0.741. The summed E-state index contributed by atoms with van der Waals surface area (Å²) in [6.45, 7) is 0. The Bertz CT molecular complexity index is 573. The minimum atomic E-state index is -2.26. The predicted octanol–water partition coefficient (Wildman–Crippen LogP) is 3.90. The molecule has 0 radical (unpaired) electrons. The molecule has 1 aromatic carbocycles. The van der Waals surface area contributed by atoms with Gasteiger partial charge in [0.15, 0.2) is 0 Å². The number of allylic oxidation sites excluding steroid dienone is 8. The Balaban J connectivity index is 2.09. The molecule has 19 heavy (non-hydrogen) atoms. The van der Waals surface area contributed by atoms with Crippen LogP contribution >= 0.6 is 0 Å². The van der Waals surface area contributed by atoms with E-state index in [1.54, 1.807) is 0 Å². The Morgan fingerprint density at radius 3 is 1.79 bits per heavy atom. The predicted molar refractivity (Wildman–Crippen MR) is 69.7 cm³/mol. The van der Waals surface area contributed by atoms with Gasteiger partial charge >= 0.3 is 117 Å². The second kappa shape index (κ2) is 5.40. The fraction of sp³-hybridized carbons (Fsp3) is 0.125. The van der Waals surface area contributed by atoms with Crippen molar-refractivity contribution in [2.45, 2.75) is 12.8 Å².